The molecule has 1 aromatic carbocycles. The minimum Gasteiger partial charge on any atom is -0.378 e. The summed E-state index contributed by atoms with van der Waals surface area (Å²) in [4.78, 5) is 14.1. The van der Waals surface area contributed by atoms with Crippen LogP contribution in [0, 0.1) is 0 Å². The first-order valence-electron chi connectivity index (χ1n) is 8.07. The normalized spacial score (nSPS) is 15.2. The summed E-state index contributed by atoms with van der Waals surface area (Å²) < 4.78 is 33.0. The number of ether oxygens (including phenoxy) is 1. The Bertz CT molecular complexity index is 838. The maximum atomic E-state index is 12.5. The summed E-state index contributed by atoms with van der Waals surface area (Å²) in [5, 5.41) is 1.59. The van der Waals surface area contributed by atoms with E-state index in [1.54, 1.807) is 22.4 Å². The number of morpholine rings is 1. The molecule has 0 aliphatic carbocycles. The van der Waals surface area contributed by atoms with Crippen LogP contribution in [0.2, 0.25) is 0 Å². The van der Waals surface area contributed by atoms with Gasteiger partial charge in [-0.3, -0.25) is 9.52 Å². The van der Waals surface area contributed by atoms with E-state index in [0.717, 1.165) is 23.3 Å². The van der Waals surface area contributed by atoms with E-state index in [-0.39, 0.29) is 10.1 Å². The molecule has 0 saturated carbocycles. The van der Waals surface area contributed by atoms with Crippen LogP contribution < -0.4 is 4.72 Å². The number of hydrogen-bond acceptors (Lipinski definition) is 5. The first-order valence-corrected chi connectivity index (χ1v) is 10.4. The highest BCUT2D eigenvalue weighted by molar-refractivity contribution is 7.94. The number of anilines is 1. The molecule has 1 amide bonds. The third-order valence-electron chi connectivity index (χ3n) is 4.00. The highest BCUT2D eigenvalue weighted by Crippen LogP contribution is 2.24. The molecule has 6 nitrogen and oxygen atoms in total. The topological polar surface area (TPSA) is 75.7 Å². The number of carbonyl (C=O) groups is 1. The van der Waals surface area contributed by atoms with Crippen LogP contribution in [0.5, 0.6) is 0 Å². The van der Waals surface area contributed by atoms with E-state index < -0.39 is 10.0 Å². The molecule has 134 valence electrons. The molecule has 1 aliphatic heterocycles. The molecule has 0 spiro atoms. The average molecular weight is 380 g/mol. The van der Waals surface area contributed by atoms with Gasteiger partial charge >= 0.3 is 0 Å². The number of rotatable bonds is 5. The second-order valence-electron chi connectivity index (χ2n) is 5.71. The summed E-state index contributed by atoms with van der Waals surface area (Å²) in [6.07, 6.45) is 0.894. The molecule has 1 aliphatic rings. The van der Waals surface area contributed by atoms with Gasteiger partial charge in [-0.2, -0.15) is 0 Å². The Labute approximate surface area is 151 Å². The van der Waals surface area contributed by atoms with E-state index >= 15 is 0 Å². The number of benzene rings is 1. The second-order valence-corrected chi connectivity index (χ2v) is 8.54. The van der Waals surface area contributed by atoms with Crippen LogP contribution in [0.15, 0.2) is 39.9 Å². The second kappa shape index (κ2) is 7.55. The van der Waals surface area contributed by atoms with Crippen molar-refractivity contribution in [2.24, 2.45) is 0 Å². The van der Waals surface area contributed by atoms with Crippen molar-refractivity contribution in [3.63, 3.8) is 0 Å². The molecule has 0 radical (unpaired) electrons. The molecule has 3 rings (SSSR count). The van der Waals surface area contributed by atoms with Crippen molar-refractivity contribution >= 4 is 33.0 Å². The van der Waals surface area contributed by atoms with Crippen LogP contribution >= 0.6 is 11.3 Å². The lowest BCUT2D eigenvalue weighted by Gasteiger charge is -2.26. The Kier molecular flexibility index (Phi) is 5.41. The molecule has 2 heterocycles. The Balaban J connectivity index is 1.74. The SMILES string of the molecule is CCc1ccc(NS(=O)(=O)c2cc(C(=O)N3CCOCC3)cs2)cc1. The largest absolute Gasteiger partial charge is 0.378 e. The minimum absolute atomic E-state index is 0.128. The lowest BCUT2D eigenvalue weighted by Crippen LogP contribution is -2.40. The van der Waals surface area contributed by atoms with E-state index in [2.05, 4.69) is 4.72 Å². The molecule has 1 aromatic heterocycles. The van der Waals surface area contributed by atoms with Crippen molar-refractivity contribution < 1.29 is 17.9 Å². The number of aryl methyl sites for hydroxylation is 1. The molecule has 0 bridgehead atoms. The van der Waals surface area contributed by atoms with Gasteiger partial charge in [0.15, 0.2) is 0 Å². The molecular formula is C17H20N2O4S2. The lowest BCUT2D eigenvalue weighted by molar-refractivity contribution is 0.0303. The number of nitrogens with one attached hydrogen (secondary N) is 1. The predicted molar refractivity (Wildman–Crippen MR) is 97.7 cm³/mol. The maximum absolute atomic E-state index is 12.5. The number of amides is 1. The van der Waals surface area contributed by atoms with Crippen LogP contribution in [-0.4, -0.2) is 45.5 Å². The summed E-state index contributed by atoms with van der Waals surface area (Å²) in [5.74, 6) is -0.159. The Morgan fingerprint density at radius 3 is 2.56 bits per heavy atom. The van der Waals surface area contributed by atoms with Crippen molar-refractivity contribution in [2.45, 2.75) is 17.6 Å². The molecule has 1 fully saturated rings. The van der Waals surface area contributed by atoms with E-state index in [4.69, 9.17) is 4.74 Å². The molecule has 1 saturated heterocycles. The van der Waals surface area contributed by atoms with Crippen molar-refractivity contribution in [2.75, 3.05) is 31.0 Å². The van der Waals surface area contributed by atoms with Gasteiger partial charge < -0.3 is 9.64 Å². The molecule has 0 atom stereocenters. The zero-order valence-corrected chi connectivity index (χ0v) is 15.5. The van der Waals surface area contributed by atoms with Crippen LogP contribution in [0.4, 0.5) is 5.69 Å². The maximum Gasteiger partial charge on any atom is 0.271 e. The monoisotopic (exact) mass is 380 g/mol. The molecule has 8 heteroatoms. The highest BCUT2D eigenvalue weighted by Gasteiger charge is 2.23. The molecular weight excluding hydrogens is 360 g/mol. The van der Waals surface area contributed by atoms with Gasteiger partial charge in [0, 0.05) is 24.2 Å². The zero-order valence-electron chi connectivity index (χ0n) is 13.9. The number of sulfonamides is 1. The Morgan fingerprint density at radius 1 is 1.24 bits per heavy atom. The first-order chi connectivity index (χ1) is 12.0. The molecule has 2 aromatic rings. The average Bonchev–Trinajstić information content (AvgIpc) is 3.13. The fourth-order valence-corrected chi connectivity index (χ4v) is 4.74. The van der Waals surface area contributed by atoms with E-state index in [0.29, 0.717) is 37.6 Å². The van der Waals surface area contributed by atoms with Gasteiger partial charge in [-0.25, -0.2) is 8.42 Å². The number of thiophene rings is 1. The standard InChI is InChI=1S/C17H20N2O4S2/c1-2-13-3-5-15(6-4-13)18-25(21,22)16-11-14(12-24-16)17(20)19-7-9-23-10-8-19/h3-6,11-12,18H,2,7-10H2,1H3. The van der Waals surface area contributed by atoms with Crippen molar-refractivity contribution in [1.29, 1.82) is 0 Å². The molecule has 25 heavy (non-hydrogen) atoms. The van der Waals surface area contributed by atoms with Gasteiger partial charge in [-0.15, -0.1) is 11.3 Å². The van der Waals surface area contributed by atoms with E-state index in [1.165, 1.54) is 6.07 Å². The summed E-state index contributed by atoms with van der Waals surface area (Å²) in [5.41, 5.74) is 2.04. The highest BCUT2D eigenvalue weighted by atomic mass is 32.2. The van der Waals surface area contributed by atoms with Crippen molar-refractivity contribution in [3.05, 3.63) is 46.8 Å². The van der Waals surface area contributed by atoms with Crippen LogP contribution in [0.1, 0.15) is 22.8 Å². The minimum atomic E-state index is -3.70. The van der Waals surface area contributed by atoms with E-state index in [1.807, 2.05) is 19.1 Å². The van der Waals surface area contributed by atoms with Crippen LogP contribution in [0.25, 0.3) is 0 Å². The smallest absolute Gasteiger partial charge is 0.271 e. The summed E-state index contributed by atoms with van der Waals surface area (Å²) >= 11 is 1.05. The lowest BCUT2D eigenvalue weighted by atomic mass is 10.2. The fourth-order valence-electron chi connectivity index (χ4n) is 2.53. The first kappa shape index (κ1) is 17.9. The number of hydrogen-bond donors (Lipinski definition) is 1. The van der Waals surface area contributed by atoms with Crippen LogP contribution in [0.3, 0.4) is 0 Å². The summed E-state index contributed by atoms with van der Waals surface area (Å²) in [6.45, 7) is 4.11. The van der Waals surface area contributed by atoms with Crippen molar-refractivity contribution in [3.8, 4) is 0 Å². The van der Waals surface area contributed by atoms with Gasteiger partial charge in [-0.05, 0) is 30.2 Å². The van der Waals surface area contributed by atoms with Gasteiger partial charge in [-0.1, -0.05) is 19.1 Å². The van der Waals surface area contributed by atoms with Gasteiger partial charge in [0.2, 0.25) is 0 Å². The van der Waals surface area contributed by atoms with Crippen LogP contribution in [-0.2, 0) is 21.2 Å². The quantitative estimate of drug-likeness (QED) is 0.865. The van der Waals surface area contributed by atoms with Gasteiger partial charge in [0.05, 0.1) is 18.8 Å². The fraction of sp³-hybridized carbons (Fsp3) is 0.353. The van der Waals surface area contributed by atoms with E-state index in [9.17, 15) is 13.2 Å². The Hall–Kier alpha value is -1.90. The summed E-state index contributed by atoms with van der Waals surface area (Å²) in [6, 6.07) is 8.69. The third-order valence-corrected chi connectivity index (χ3v) is 6.82. The van der Waals surface area contributed by atoms with Crippen molar-refractivity contribution in [1.82, 2.24) is 4.90 Å². The van der Waals surface area contributed by atoms with Gasteiger partial charge in [0.25, 0.3) is 15.9 Å². The molecule has 1 N–H and O–H groups in total. The number of nitrogens with zero attached hydrogens (tertiary/aromatic N) is 1. The number of carbonyl (C=O) groups excluding carboxylic acids is 1. The molecule has 0 unspecified atom stereocenters. The summed E-state index contributed by atoms with van der Waals surface area (Å²) in [7, 11) is -3.70. The Morgan fingerprint density at radius 2 is 1.92 bits per heavy atom. The predicted octanol–water partition coefficient (Wildman–Crippen LogP) is 2.58. The third kappa shape index (κ3) is 4.20. The van der Waals surface area contributed by atoms with Gasteiger partial charge in [0.1, 0.15) is 4.21 Å². The zero-order chi connectivity index (χ0) is 17.9.